The molecule has 1 unspecified atom stereocenters. The molecule has 1 N–H and O–H groups in total. The van der Waals surface area contributed by atoms with Gasteiger partial charge in [0.1, 0.15) is 6.04 Å². The first-order chi connectivity index (χ1) is 15.4. The molecule has 5 rings (SSSR count). The number of likely N-dealkylation sites (N-methyl/N-ethyl adjacent to an activating group) is 1. The predicted octanol–water partition coefficient (Wildman–Crippen LogP) is 4.91. The van der Waals surface area contributed by atoms with Crippen molar-refractivity contribution in [3.63, 3.8) is 0 Å². The average molecular weight is 464 g/mol. The van der Waals surface area contributed by atoms with E-state index < -0.39 is 6.04 Å². The number of halogens is 2. The molecule has 2 aliphatic rings. The third kappa shape index (κ3) is 3.68. The maximum Gasteiger partial charge on any atom is 0.249 e. The Bertz CT molecular complexity index is 1300. The zero-order chi connectivity index (χ0) is 22.4. The molecule has 3 aromatic carbocycles. The van der Waals surface area contributed by atoms with Gasteiger partial charge >= 0.3 is 0 Å². The Labute approximate surface area is 195 Å². The van der Waals surface area contributed by atoms with Crippen LogP contribution < -0.4 is 10.2 Å². The molecule has 0 aliphatic carbocycles. The molecule has 2 heterocycles. The number of hydrogen-bond acceptors (Lipinski definition) is 3. The number of anilines is 2. The lowest BCUT2D eigenvalue weighted by Gasteiger charge is -2.15. The van der Waals surface area contributed by atoms with Crippen molar-refractivity contribution in [3.8, 4) is 0 Å². The Morgan fingerprint density at radius 3 is 2.69 bits per heavy atom. The monoisotopic (exact) mass is 463 g/mol. The van der Waals surface area contributed by atoms with Crippen LogP contribution in [0.3, 0.4) is 0 Å². The van der Waals surface area contributed by atoms with Crippen LogP contribution in [0.2, 0.25) is 10.0 Å². The lowest BCUT2D eigenvalue weighted by molar-refractivity contribution is -0.118. The van der Waals surface area contributed by atoms with Gasteiger partial charge < -0.3 is 10.2 Å². The second-order valence-corrected chi connectivity index (χ2v) is 8.78. The highest BCUT2D eigenvalue weighted by molar-refractivity contribution is 6.32. The van der Waals surface area contributed by atoms with Crippen molar-refractivity contribution in [1.82, 2.24) is 0 Å². The molecule has 1 atom stereocenters. The topological polar surface area (TPSA) is 61.8 Å². The summed E-state index contributed by atoms with van der Waals surface area (Å²) in [6, 6.07) is 17.9. The molecular weight excluding hydrogens is 445 g/mol. The Morgan fingerprint density at radius 1 is 1.06 bits per heavy atom. The number of benzodiazepines with no additional fused rings is 1. The third-order valence-corrected chi connectivity index (χ3v) is 6.49. The summed E-state index contributed by atoms with van der Waals surface area (Å²) in [4.78, 5) is 31.8. The number of fused-ring (bicyclic) bond motifs is 2. The highest BCUT2D eigenvalue weighted by atomic mass is 35.5. The number of rotatable bonds is 3. The van der Waals surface area contributed by atoms with Crippen LogP contribution in [0.4, 0.5) is 11.4 Å². The van der Waals surface area contributed by atoms with Gasteiger partial charge in [-0.1, -0.05) is 53.5 Å². The predicted molar refractivity (Wildman–Crippen MR) is 128 cm³/mol. The van der Waals surface area contributed by atoms with E-state index in [1.54, 1.807) is 36.2 Å². The lowest BCUT2D eigenvalue weighted by Crippen LogP contribution is -2.27. The molecule has 32 heavy (non-hydrogen) atoms. The summed E-state index contributed by atoms with van der Waals surface area (Å²) in [7, 11) is 1.77. The van der Waals surface area contributed by atoms with Crippen molar-refractivity contribution in [3.05, 3.63) is 93.0 Å². The summed E-state index contributed by atoms with van der Waals surface area (Å²) < 4.78 is 0. The SMILES string of the molecule is CN1C(=O)Cc2ccc(C3=NC(Cc4ccccc4Cl)C(=O)Nc4ccc(Cl)cc43)cc21. The van der Waals surface area contributed by atoms with Gasteiger partial charge in [0, 0.05) is 40.3 Å². The first-order valence-electron chi connectivity index (χ1n) is 10.2. The minimum atomic E-state index is -0.677. The Hall–Kier alpha value is -3.15. The number of amides is 2. The van der Waals surface area contributed by atoms with E-state index in [4.69, 9.17) is 28.2 Å². The molecule has 0 bridgehead atoms. The maximum atomic E-state index is 13.1. The fraction of sp³-hybridized carbons (Fsp3) is 0.160. The van der Waals surface area contributed by atoms with Gasteiger partial charge in [-0.15, -0.1) is 0 Å². The number of carbonyl (C=O) groups excluding carboxylic acids is 2. The summed E-state index contributed by atoms with van der Waals surface area (Å²) in [6.45, 7) is 0. The second-order valence-electron chi connectivity index (χ2n) is 7.94. The van der Waals surface area contributed by atoms with Crippen LogP contribution in [0.15, 0.2) is 65.7 Å². The van der Waals surface area contributed by atoms with Crippen LogP contribution in [0.25, 0.3) is 0 Å². The second kappa shape index (κ2) is 8.08. The quantitative estimate of drug-likeness (QED) is 0.599. The van der Waals surface area contributed by atoms with Gasteiger partial charge in [0.25, 0.3) is 0 Å². The highest BCUT2D eigenvalue weighted by Crippen LogP contribution is 2.33. The summed E-state index contributed by atoms with van der Waals surface area (Å²) in [6.07, 6.45) is 0.746. The summed E-state index contributed by atoms with van der Waals surface area (Å²) in [5.74, 6) is -0.159. The van der Waals surface area contributed by atoms with E-state index in [0.717, 1.165) is 27.9 Å². The maximum absolute atomic E-state index is 13.1. The molecule has 7 heteroatoms. The molecule has 5 nitrogen and oxygen atoms in total. The van der Waals surface area contributed by atoms with Gasteiger partial charge in [0.15, 0.2) is 0 Å². The van der Waals surface area contributed by atoms with Crippen molar-refractivity contribution in [2.24, 2.45) is 4.99 Å². The van der Waals surface area contributed by atoms with Crippen molar-refractivity contribution >= 4 is 52.1 Å². The van der Waals surface area contributed by atoms with Crippen LogP contribution in [0.5, 0.6) is 0 Å². The van der Waals surface area contributed by atoms with Gasteiger partial charge in [0.05, 0.1) is 17.8 Å². The molecule has 0 saturated carbocycles. The minimum absolute atomic E-state index is 0.0526. The molecule has 160 valence electrons. The minimum Gasteiger partial charge on any atom is -0.324 e. The molecule has 0 spiro atoms. The Morgan fingerprint density at radius 2 is 1.88 bits per heavy atom. The van der Waals surface area contributed by atoms with E-state index in [2.05, 4.69) is 5.32 Å². The molecule has 0 radical (unpaired) electrons. The number of carbonyl (C=O) groups is 2. The first-order valence-corrected chi connectivity index (χ1v) is 11.0. The lowest BCUT2D eigenvalue weighted by atomic mass is 9.98. The fourth-order valence-electron chi connectivity index (χ4n) is 4.15. The molecule has 3 aromatic rings. The highest BCUT2D eigenvalue weighted by Gasteiger charge is 2.29. The molecule has 0 saturated heterocycles. The van der Waals surface area contributed by atoms with Gasteiger partial charge in [-0.05, 0) is 41.5 Å². The third-order valence-electron chi connectivity index (χ3n) is 5.89. The van der Waals surface area contributed by atoms with Crippen LogP contribution in [-0.2, 0) is 22.4 Å². The van der Waals surface area contributed by atoms with Gasteiger partial charge in [-0.25, -0.2) is 0 Å². The Kier molecular flexibility index (Phi) is 5.24. The Balaban J connectivity index is 1.65. The zero-order valence-corrected chi connectivity index (χ0v) is 18.7. The van der Waals surface area contributed by atoms with Crippen molar-refractivity contribution in [2.75, 3.05) is 17.3 Å². The van der Waals surface area contributed by atoms with E-state index in [9.17, 15) is 9.59 Å². The fourth-order valence-corrected chi connectivity index (χ4v) is 4.54. The number of nitrogens with one attached hydrogen (secondary N) is 1. The molecule has 0 fully saturated rings. The van der Waals surface area contributed by atoms with E-state index in [0.29, 0.717) is 34.3 Å². The van der Waals surface area contributed by atoms with Crippen LogP contribution in [0, 0.1) is 0 Å². The van der Waals surface area contributed by atoms with Crippen molar-refractivity contribution in [1.29, 1.82) is 0 Å². The average Bonchev–Trinajstić information content (AvgIpc) is 2.98. The normalized spacial score (nSPS) is 17.4. The first kappa shape index (κ1) is 20.7. The van der Waals surface area contributed by atoms with Crippen LogP contribution in [0.1, 0.15) is 22.3 Å². The van der Waals surface area contributed by atoms with Crippen LogP contribution in [-0.4, -0.2) is 30.6 Å². The smallest absolute Gasteiger partial charge is 0.249 e. The van der Waals surface area contributed by atoms with E-state index in [-0.39, 0.29) is 11.8 Å². The van der Waals surface area contributed by atoms with E-state index >= 15 is 0 Å². The largest absolute Gasteiger partial charge is 0.324 e. The standard InChI is InChI=1S/C25H19Cl2N3O2/c1-30-22-11-16(7-6-15(22)12-23(30)31)24-18-13-17(26)8-9-20(18)29-25(32)21(28-24)10-14-4-2-3-5-19(14)27/h2-9,11,13,21H,10,12H2,1H3,(H,29,32). The number of nitrogens with zero attached hydrogens (tertiary/aromatic N) is 2. The van der Waals surface area contributed by atoms with E-state index in [1.165, 1.54) is 0 Å². The molecular formula is C25H19Cl2N3O2. The summed E-state index contributed by atoms with van der Waals surface area (Å²) in [5.41, 5.74) is 5.52. The van der Waals surface area contributed by atoms with E-state index in [1.807, 2.05) is 36.4 Å². The van der Waals surface area contributed by atoms with Gasteiger partial charge in [0.2, 0.25) is 11.8 Å². The van der Waals surface area contributed by atoms with Crippen molar-refractivity contribution < 1.29 is 9.59 Å². The summed E-state index contributed by atoms with van der Waals surface area (Å²) in [5, 5.41) is 4.13. The van der Waals surface area contributed by atoms with Crippen molar-refractivity contribution in [2.45, 2.75) is 18.9 Å². The summed E-state index contributed by atoms with van der Waals surface area (Å²) >= 11 is 12.7. The molecule has 2 amide bonds. The zero-order valence-electron chi connectivity index (χ0n) is 17.2. The molecule has 2 aliphatic heterocycles. The number of hydrogen-bond donors (Lipinski definition) is 1. The van der Waals surface area contributed by atoms with Gasteiger partial charge in [-0.3, -0.25) is 14.6 Å². The molecule has 0 aromatic heterocycles. The van der Waals surface area contributed by atoms with Crippen LogP contribution >= 0.6 is 23.2 Å². The number of benzene rings is 3. The van der Waals surface area contributed by atoms with Gasteiger partial charge in [-0.2, -0.15) is 0 Å². The number of aliphatic imine (C=N–C) groups is 1.